The third-order valence-electron chi connectivity index (χ3n) is 3.76. The standard InChI is InChI=1S/C17H18N2O/c20-17(12-19-11-13-3-2-8-18-10-13)16-7-6-14-4-1-5-15(14)9-16/h2-3,6-10,19H,1,4-5,11-12H2. The second-order valence-corrected chi connectivity index (χ2v) is 5.23. The minimum absolute atomic E-state index is 0.156. The van der Waals surface area contributed by atoms with Crippen molar-refractivity contribution in [2.24, 2.45) is 0 Å². The van der Waals surface area contributed by atoms with Crippen LogP contribution in [-0.2, 0) is 19.4 Å². The zero-order valence-electron chi connectivity index (χ0n) is 11.4. The number of ketones is 1. The van der Waals surface area contributed by atoms with E-state index in [1.165, 1.54) is 17.5 Å². The Hall–Kier alpha value is -2.00. The lowest BCUT2D eigenvalue weighted by atomic mass is 10.0. The Kier molecular flexibility index (Phi) is 3.88. The van der Waals surface area contributed by atoms with Crippen LogP contribution in [-0.4, -0.2) is 17.3 Å². The molecule has 3 heteroatoms. The van der Waals surface area contributed by atoms with Gasteiger partial charge in [-0.2, -0.15) is 0 Å². The van der Waals surface area contributed by atoms with Crippen LogP contribution in [0.3, 0.4) is 0 Å². The number of fused-ring (bicyclic) bond motifs is 1. The zero-order valence-corrected chi connectivity index (χ0v) is 11.4. The van der Waals surface area contributed by atoms with Crippen LogP contribution in [0.5, 0.6) is 0 Å². The fourth-order valence-corrected chi connectivity index (χ4v) is 2.67. The topological polar surface area (TPSA) is 42.0 Å². The zero-order chi connectivity index (χ0) is 13.8. The van der Waals surface area contributed by atoms with E-state index in [1.807, 2.05) is 24.4 Å². The van der Waals surface area contributed by atoms with Gasteiger partial charge in [-0.15, -0.1) is 0 Å². The normalized spacial score (nSPS) is 13.2. The molecule has 3 rings (SSSR count). The van der Waals surface area contributed by atoms with Crippen molar-refractivity contribution in [1.29, 1.82) is 0 Å². The van der Waals surface area contributed by atoms with E-state index in [0.717, 1.165) is 24.0 Å². The Morgan fingerprint density at radius 2 is 2.10 bits per heavy atom. The van der Waals surface area contributed by atoms with Crippen molar-refractivity contribution in [2.45, 2.75) is 25.8 Å². The number of hydrogen-bond acceptors (Lipinski definition) is 3. The fraction of sp³-hybridized carbons (Fsp3) is 0.294. The van der Waals surface area contributed by atoms with Gasteiger partial charge in [0.05, 0.1) is 6.54 Å². The number of carbonyl (C=O) groups excluding carboxylic acids is 1. The van der Waals surface area contributed by atoms with Gasteiger partial charge in [-0.25, -0.2) is 0 Å². The molecule has 0 bridgehead atoms. The molecule has 1 aromatic carbocycles. The predicted molar refractivity (Wildman–Crippen MR) is 78.7 cm³/mol. The molecule has 2 aromatic rings. The van der Waals surface area contributed by atoms with Gasteiger partial charge in [0.2, 0.25) is 0 Å². The number of nitrogens with zero attached hydrogens (tertiary/aromatic N) is 1. The number of carbonyl (C=O) groups is 1. The molecular formula is C17H18N2O. The van der Waals surface area contributed by atoms with Crippen LogP contribution in [0.25, 0.3) is 0 Å². The summed E-state index contributed by atoms with van der Waals surface area (Å²) in [6.07, 6.45) is 7.04. The van der Waals surface area contributed by atoms with Crippen molar-refractivity contribution in [3.63, 3.8) is 0 Å². The van der Waals surface area contributed by atoms with Crippen LogP contribution in [0.15, 0.2) is 42.7 Å². The van der Waals surface area contributed by atoms with Gasteiger partial charge < -0.3 is 5.32 Å². The van der Waals surface area contributed by atoms with Crippen LogP contribution in [0.4, 0.5) is 0 Å². The summed E-state index contributed by atoms with van der Waals surface area (Å²) < 4.78 is 0. The van der Waals surface area contributed by atoms with E-state index in [2.05, 4.69) is 22.4 Å². The Morgan fingerprint density at radius 1 is 1.20 bits per heavy atom. The summed E-state index contributed by atoms with van der Waals surface area (Å²) in [6, 6.07) is 10.0. The first kappa shape index (κ1) is 13.0. The Bertz CT molecular complexity index is 608. The van der Waals surface area contributed by atoms with Gasteiger partial charge in [0.15, 0.2) is 5.78 Å². The molecule has 0 amide bonds. The first-order chi connectivity index (χ1) is 9.83. The molecule has 1 heterocycles. The molecule has 0 spiro atoms. The summed E-state index contributed by atoms with van der Waals surface area (Å²) >= 11 is 0. The number of pyridine rings is 1. The Morgan fingerprint density at radius 3 is 2.95 bits per heavy atom. The third-order valence-corrected chi connectivity index (χ3v) is 3.76. The maximum Gasteiger partial charge on any atom is 0.176 e. The lowest BCUT2D eigenvalue weighted by molar-refractivity contribution is 0.0990. The number of Topliss-reactive ketones (excluding diaryl/α,β-unsaturated/α-hetero) is 1. The van der Waals surface area contributed by atoms with E-state index < -0.39 is 0 Å². The van der Waals surface area contributed by atoms with Crippen LogP contribution in [0.1, 0.15) is 33.5 Å². The second-order valence-electron chi connectivity index (χ2n) is 5.23. The molecule has 1 aromatic heterocycles. The van der Waals surface area contributed by atoms with Crippen LogP contribution < -0.4 is 5.32 Å². The lowest BCUT2D eigenvalue weighted by Crippen LogP contribution is -2.22. The number of aromatic nitrogens is 1. The molecule has 1 aliphatic carbocycles. The predicted octanol–water partition coefficient (Wildman–Crippen LogP) is 2.54. The third kappa shape index (κ3) is 2.94. The van der Waals surface area contributed by atoms with E-state index in [-0.39, 0.29) is 5.78 Å². The van der Waals surface area contributed by atoms with Gasteiger partial charge in [-0.1, -0.05) is 18.2 Å². The lowest BCUT2D eigenvalue weighted by Gasteiger charge is -2.06. The molecule has 0 radical (unpaired) electrons. The number of rotatable bonds is 5. The van der Waals surface area contributed by atoms with Gasteiger partial charge in [0.25, 0.3) is 0 Å². The molecule has 0 fully saturated rings. The van der Waals surface area contributed by atoms with Crippen molar-refractivity contribution in [1.82, 2.24) is 10.3 Å². The van der Waals surface area contributed by atoms with Crippen LogP contribution >= 0.6 is 0 Å². The average Bonchev–Trinajstić information content (AvgIpc) is 2.95. The summed E-state index contributed by atoms with van der Waals surface area (Å²) in [6.45, 7) is 1.04. The summed E-state index contributed by atoms with van der Waals surface area (Å²) in [4.78, 5) is 16.2. The van der Waals surface area contributed by atoms with E-state index in [0.29, 0.717) is 13.1 Å². The van der Waals surface area contributed by atoms with Gasteiger partial charge in [-0.05, 0) is 48.1 Å². The Balaban J connectivity index is 1.57. The molecule has 0 atom stereocenters. The number of aryl methyl sites for hydroxylation is 2. The highest BCUT2D eigenvalue weighted by Gasteiger charge is 2.13. The highest BCUT2D eigenvalue weighted by Crippen LogP contribution is 2.22. The highest BCUT2D eigenvalue weighted by atomic mass is 16.1. The van der Waals surface area contributed by atoms with E-state index in [9.17, 15) is 4.79 Å². The second kappa shape index (κ2) is 5.97. The van der Waals surface area contributed by atoms with E-state index in [1.54, 1.807) is 6.20 Å². The van der Waals surface area contributed by atoms with Crippen LogP contribution in [0, 0.1) is 0 Å². The minimum Gasteiger partial charge on any atom is -0.306 e. The SMILES string of the molecule is O=C(CNCc1cccnc1)c1ccc2c(c1)CCC2. The molecule has 0 unspecified atom stereocenters. The van der Waals surface area contributed by atoms with Gasteiger partial charge >= 0.3 is 0 Å². The first-order valence-electron chi connectivity index (χ1n) is 7.07. The van der Waals surface area contributed by atoms with Crippen molar-refractivity contribution in [3.05, 3.63) is 65.0 Å². The quantitative estimate of drug-likeness (QED) is 0.846. The van der Waals surface area contributed by atoms with Gasteiger partial charge in [0, 0.05) is 24.5 Å². The van der Waals surface area contributed by atoms with Crippen molar-refractivity contribution >= 4 is 5.78 Å². The molecule has 0 saturated heterocycles. The molecule has 1 N–H and O–H groups in total. The Labute approximate surface area is 119 Å². The first-order valence-corrected chi connectivity index (χ1v) is 7.07. The fourth-order valence-electron chi connectivity index (χ4n) is 2.67. The van der Waals surface area contributed by atoms with Crippen LogP contribution in [0.2, 0.25) is 0 Å². The molecule has 1 aliphatic rings. The molecular weight excluding hydrogens is 248 g/mol. The van der Waals surface area contributed by atoms with Crippen molar-refractivity contribution < 1.29 is 4.79 Å². The largest absolute Gasteiger partial charge is 0.306 e. The average molecular weight is 266 g/mol. The molecule has 0 aliphatic heterocycles. The minimum atomic E-state index is 0.156. The molecule has 102 valence electrons. The molecule has 0 saturated carbocycles. The highest BCUT2D eigenvalue weighted by molar-refractivity contribution is 5.97. The van der Waals surface area contributed by atoms with E-state index in [4.69, 9.17) is 0 Å². The smallest absolute Gasteiger partial charge is 0.176 e. The number of benzene rings is 1. The number of hydrogen-bond donors (Lipinski definition) is 1. The summed E-state index contributed by atoms with van der Waals surface area (Å²) in [7, 11) is 0. The maximum absolute atomic E-state index is 12.2. The monoisotopic (exact) mass is 266 g/mol. The van der Waals surface area contributed by atoms with Gasteiger partial charge in [0.1, 0.15) is 0 Å². The van der Waals surface area contributed by atoms with Gasteiger partial charge in [-0.3, -0.25) is 9.78 Å². The van der Waals surface area contributed by atoms with Crippen molar-refractivity contribution in [2.75, 3.05) is 6.54 Å². The molecule has 20 heavy (non-hydrogen) atoms. The van der Waals surface area contributed by atoms with Crippen molar-refractivity contribution in [3.8, 4) is 0 Å². The molecule has 3 nitrogen and oxygen atoms in total. The van der Waals surface area contributed by atoms with E-state index >= 15 is 0 Å². The summed E-state index contributed by atoms with van der Waals surface area (Å²) in [5.74, 6) is 0.156. The summed E-state index contributed by atoms with van der Waals surface area (Å²) in [5.41, 5.74) is 4.67. The maximum atomic E-state index is 12.2. The summed E-state index contributed by atoms with van der Waals surface area (Å²) in [5, 5.41) is 3.18. The number of nitrogens with one attached hydrogen (secondary N) is 1.